The lowest BCUT2D eigenvalue weighted by molar-refractivity contribution is -0.130. The number of carbonyl (C=O) groups excluding carboxylic acids is 1. The maximum absolute atomic E-state index is 14.1. The van der Waals surface area contributed by atoms with E-state index in [0.717, 1.165) is 44.8 Å². The van der Waals surface area contributed by atoms with E-state index in [4.69, 9.17) is 0 Å². The molecular formula is C19H28FN3O. The van der Waals surface area contributed by atoms with Crippen LogP contribution < -0.4 is 0 Å². The fraction of sp³-hybridized carbons (Fsp3) is 0.632. The number of piperazine rings is 1. The smallest absolute Gasteiger partial charge is 0.219 e. The van der Waals surface area contributed by atoms with E-state index in [2.05, 4.69) is 23.6 Å². The summed E-state index contributed by atoms with van der Waals surface area (Å²) in [6, 6.07) is 7.68. The van der Waals surface area contributed by atoms with E-state index in [1.165, 1.54) is 0 Å². The van der Waals surface area contributed by atoms with Crippen LogP contribution in [0, 0.1) is 11.7 Å². The summed E-state index contributed by atoms with van der Waals surface area (Å²) in [5, 5.41) is 0. The van der Waals surface area contributed by atoms with E-state index in [9.17, 15) is 9.18 Å². The minimum absolute atomic E-state index is 0.0946. The second-order valence-corrected chi connectivity index (χ2v) is 7.24. The van der Waals surface area contributed by atoms with Crippen LogP contribution in [-0.4, -0.2) is 65.9 Å². The molecule has 0 N–H and O–H groups in total. The van der Waals surface area contributed by atoms with Crippen LogP contribution >= 0.6 is 0 Å². The number of benzene rings is 1. The molecule has 0 bridgehead atoms. The van der Waals surface area contributed by atoms with Crippen LogP contribution in [0.5, 0.6) is 0 Å². The lowest BCUT2D eigenvalue weighted by Gasteiger charge is -2.39. The summed E-state index contributed by atoms with van der Waals surface area (Å²) in [5.74, 6) is 0.614. The number of rotatable bonds is 3. The molecule has 0 aliphatic carbocycles. The Hall–Kier alpha value is -1.46. The second kappa shape index (κ2) is 7.19. The SMILES string of the molecule is CC(=O)N1CCN([C@@H]2CN([C@H](C)c3ccccc3F)C[C@H]2C)CC1. The molecule has 0 aromatic heterocycles. The summed E-state index contributed by atoms with van der Waals surface area (Å²) in [6.45, 7) is 11.5. The number of nitrogens with zero attached hydrogens (tertiary/aromatic N) is 3. The Kier molecular flexibility index (Phi) is 5.21. The van der Waals surface area contributed by atoms with Crippen LogP contribution in [-0.2, 0) is 4.79 Å². The third kappa shape index (κ3) is 3.47. The first-order chi connectivity index (χ1) is 11.5. The van der Waals surface area contributed by atoms with Gasteiger partial charge in [-0.15, -0.1) is 0 Å². The zero-order valence-corrected chi connectivity index (χ0v) is 14.9. The molecular weight excluding hydrogens is 305 g/mol. The molecule has 0 radical (unpaired) electrons. The van der Waals surface area contributed by atoms with Gasteiger partial charge in [0, 0.05) is 63.8 Å². The van der Waals surface area contributed by atoms with E-state index in [0.29, 0.717) is 12.0 Å². The lowest BCUT2D eigenvalue weighted by atomic mass is 10.0. The van der Waals surface area contributed by atoms with Gasteiger partial charge in [0.1, 0.15) is 5.82 Å². The van der Waals surface area contributed by atoms with Gasteiger partial charge in [-0.2, -0.15) is 0 Å². The number of amides is 1. The molecule has 2 aliphatic heterocycles. The van der Waals surface area contributed by atoms with Gasteiger partial charge in [0.15, 0.2) is 0 Å². The highest BCUT2D eigenvalue weighted by Gasteiger charge is 2.37. The van der Waals surface area contributed by atoms with Gasteiger partial charge in [0.25, 0.3) is 0 Å². The Labute approximate surface area is 144 Å². The average molecular weight is 333 g/mol. The molecule has 2 saturated heterocycles. The average Bonchev–Trinajstić information content (AvgIpc) is 2.96. The topological polar surface area (TPSA) is 26.8 Å². The highest BCUT2D eigenvalue weighted by atomic mass is 19.1. The van der Waals surface area contributed by atoms with Crippen LogP contribution in [0.15, 0.2) is 24.3 Å². The number of halogens is 1. The summed E-state index contributed by atoms with van der Waals surface area (Å²) < 4.78 is 14.1. The van der Waals surface area contributed by atoms with E-state index in [-0.39, 0.29) is 17.8 Å². The molecule has 0 spiro atoms. The molecule has 5 heteroatoms. The molecule has 2 fully saturated rings. The van der Waals surface area contributed by atoms with Crippen LogP contribution in [0.1, 0.15) is 32.4 Å². The van der Waals surface area contributed by atoms with Crippen molar-refractivity contribution >= 4 is 5.91 Å². The zero-order valence-electron chi connectivity index (χ0n) is 14.9. The molecule has 0 unspecified atom stereocenters. The van der Waals surface area contributed by atoms with Gasteiger partial charge in [0.05, 0.1) is 0 Å². The van der Waals surface area contributed by atoms with Crippen molar-refractivity contribution in [2.45, 2.75) is 32.9 Å². The zero-order chi connectivity index (χ0) is 17.3. The maximum atomic E-state index is 14.1. The Balaban J connectivity index is 1.63. The Bertz CT molecular complexity index is 586. The molecule has 3 atom stereocenters. The van der Waals surface area contributed by atoms with E-state index in [1.807, 2.05) is 17.0 Å². The van der Waals surface area contributed by atoms with Crippen molar-refractivity contribution in [3.63, 3.8) is 0 Å². The van der Waals surface area contributed by atoms with Crippen molar-refractivity contribution in [2.75, 3.05) is 39.3 Å². The van der Waals surface area contributed by atoms with Crippen LogP contribution in [0.2, 0.25) is 0 Å². The van der Waals surface area contributed by atoms with E-state index in [1.54, 1.807) is 19.1 Å². The van der Waals surface area contributed by atoms with Crippen molar-refractivity contribution in [1.29, 1.82) is 0 Å². The summed E-state index contributed by atoms with van der Waals surface area (Å²) in [7, 11) is 0. The highest BCUT2D eigenvalue weighted by molar-refractivity contribution is 5.73. The van der Waals surface area contributed by atoms with Crippen molar-refractivity contribution in [3.8, 4) is 0 Å². The van der Waals surface area contributed by atoms with E-state index >= 15 is 0 Å². The molecule has 2 heterocycles. The van der Waals surface area contributed by atoms with Gasteiger partial charge < -0.3 is 4.90 Å². The Morgan fingerprint density at radius 2 is 1.83 bits per heavy atom. The molecule has 3 rings (SSSR count). The van der Waals surface area contributed by atoms with Gasteiger partial charge in [-0.3, -0.25) is 14.6 Å². The minimum Gasteiger partial charge on any atom is -0.340 e. The Morgan fingerprint density at radius 1 is 1.17 bits per heavy atom. The standard InChI is InChI=1S/C19H28FN3O/c1-14-12-23(15(2)17-6-4-5-7-18(17)20)13-19(14)22-10-8-21(9-11-22)16(3)24/h4-7,14-15,19H,8-13H2,1-3H3/t14-,15-,19-/m1/s1. The van der Waals surface area contributed by atoms with Gasteiger partial charge in [0.2, 0.25) is 5.91 Å². The Morgan fingerprint density at radius 3 is 2.46 bits per heavy atom. The molecule has 1 aromatic rings. The van der Waals surface area contributed by atoms with Crippen molar-refractivity contribution in [2.24, 2.45) is 5.92 Å². The molecule has 1 amide bonds. The first kappa shape index (κ1) is 17.4. The largest absolute Gasteiger partial charge is 0.340 e. The van der Waals surface area contributed by atoms with Crippen LogP contribution in [0.25, 0.3) is 0 Å². The maximum Gasteiger partial charge on any atom is 0.219 e. The second-order valence-electron chi connectivity index (χ2n) is 7.24. The van der Waals surface area contributed by atoms with Crippen molar-refractivity contribution in [3.05, 3.63) is 35.6 Å². The van der Waals surface area contributed by atoms with Crippen LogP contribution in [0.3, 0.4) is 0 Å². The number of hydrogen-bond acceptors (Lipinski definition) is 3. The minimum atomic E-state index is -0.115. The molecule has 1 aromatic carbocycles. The lowest BCUT2D eigenvalue weighted by Crippen LogP contribution is -2.53. The predicted octanol–water partition coefficient (Wildman–Crippen LogP) is 2.37. The summed E-state index contributed by atoms with van der Waals surface area (Å²) >= 11 is 0. The quantitative estimate of drug-likeness (QED) is 0.850. The monoisotopic (exact) mass is 333 g/mol. The fourth-order valence-electron chi connectivity index (χ4n) is 4.16. The van der Waals surface area contributed by atoms with Gasteiger partial charge in [-0.05, 0) is 18.9 Å². The fourth-order valence-corrected chi connectivity index (χ4v) is 4.16. The number of hydrogen-bond donors (Lipinski definition) is 0. The third-order valence-electron chi connectivity index (χ3n) is 5.73. The summed E-state index contributed by atoms with van der Waals surface area (Å²) in [4.78, 5) is 18.3. The molecule has 2 aliphatic rings. The van der Waals surface area contributed by atoms with E-state index < -0.39 is 0 Å². The van der Waals surface area contributed by atoms with Gasteiger partial charge >= 0.3 is 0 Å². The van der Waals surface area contributed by atoms with Crippen LogP contribution in [0.4, 0.5) is 4.39 Å². The third-order valence-corrected chi connectivity index (χ3v) is 5.73. The summed E-state index contributed by atoms with van der Waals surface area (Å²) in [5.41, 5.74) is 0.784. The van der Waals surface area contributed by atoms with Crippen molar-refractivity contribution < 1.29 is 9.18 Å². The number of carbonyl (C=O) groups is 1. The first-order valence-corrected chi connectivity index (χ1v) is 8.95. The van der Waals surface area contributed by atoms with Gasteiger partial charge in [-0.25, -0.2) is 4.39 Å². The molecule has 0 saturated carbocycles. The molecule has 24 heavy (non-hydrogen) atoms. The van der Waals surface area contributed by atoms with Gasteiger partial charge in [-0.1, -0.05) is 25.1 Å². The van der Waals surface area contributed by atoms with Crippen molar-refractivity contribution in [1.82, 2.24) is 14.7 Å². The summed E-state index contributed by atoms with van der Waals surface area (Å²) in [6.07, 6.45) is 0. The highest BCUT2D eigenvalue weighted by Crippen LogP contribution is 2.31. The predicted molar refractivity (Wildman–Crippen MR) is 93.2 cm³/mol. The molecule has 4 nitrogen and oxygen atoms in total. The normalized spacial score (nSPS) is 27.4. The molecule has 132 valence electrons. The number of likely N-dealkylation sites (tertiary alicyclic amines) is 1. The first-order valence-electron chi connectivity index (χ1n) is 8.95.